The quantitative estimate of drug-likeness (QED) is 0.711. The van der Waals surface area contributed by atoms with Gasteiger partial charge in [0.2, 0.25) is 5.91 Å². The summed E-state index contributed by atoms with van der Waals surface area (Å²) in [5.41, 5.74) is 2.98. The second-order valence-electron chi connectivity index (χ2n) is 8.64. The lowest BCUT2D eigenvalue weighted by atomic mass is 9.90. The van der Waals surface area contributed by atoms with Crippen LogP contribution in [0.2, 0.25) is 0 Å². The van der Waals surface area contributed by atoms with Crippen molar-refractivity contribution in [2.75, 3.05) is 43.5 Å². The monoisotopic (exact) mass is 437 g/mol. The van der Waals surface area contributed by atoms with Gasteiger partial charge in [0, 0.05) is 24.8 Å². The SMILES string of the molecule is COc1ccc(N2C[C@H](CN3CCC(Cc4ccc(NC(C)=O)cc4)CC3)OC2=O)cc1. The Balaban J connectivity index is 1.22. The topological polar surface area (TPSA) is 71.1 Å². The van der Waals surface area contributed by atoms with Crippen molar-refractivity contribution in [1.82, 2.24) is 4.90 Å². The lowest BCUT2D eigenvalue weighted by Gasteiger charge is -2.33. The first kappa shape index (κ1) is 22.1. The summed E-state index contributed by atoms with van der Waals surface area (Å²) in [6.07, 6.45) is 2.94. The Labute approximate surface area is 189 Å². The van der Waals surface area contributed by atoms with Crippen molar-refractivity contribution in [1.29, 1.82) is 0 Å². The highest BCUT2D eigenvalue weighted by atomic mass is 16.6. The Bertz CT molecular complexity index is 921. The number of carbonyl (C=O) groups excluding carboxylic acids is 2. The molecular weight excluding hydrogens is 406 g/mol. The first-order chi connectivity index (χ1) is 15.5. The second-order valence-corrected chi connectivity index (χ2v) is 8.64. The molecule has 2 aliphatic rings. The molecule has 170 valence electrons. The zero-order valence-corrected chi connectivity index (χ0v) is 18.8. The molecule has 0 aliphatic carbocycles. The number of hydrogen-bond donors (Lipinski definition) is 1. The van der Waals surface area contributed by atoms with E-state index in [4.69, 9.17) is 9.47 Å². The van der Waals surface area contributed by atoms with E-state index in [1.165, 1.54) is 12.5 Å². The molecule has 7 heteroatoms. The predicted molar refractivity (Wildman–Crippen MR) is 124 cm³/mol. The zero-order chi connectivity index (χ0) is 22.5. The van der Waals surface area contributed by atoms with E-state index in [1.54, 1.807) is 12.0 Å². The van der Waals surface area contributed by atoms with Crippen LogP contribution >= 0.6 is 0 Å². The Morgan fingerprint density at radius 1 is 1.09 bits per heavy atom. The lowest BCUT2D eigenvalue weighted by Crippen LogP contribution is -2.40. The molecule has 2 aromatic rings. The third-order valence-electron chi connectivity index (χ3n) is 6.23. The Morgan fingerprint density at radius 2 is 1.78 bits per heavy atom. The molecular formula is C25H31N3O4. The summed E-state index contributed by atoms with van der Waals surface area (Å²) in [7, 11) is 1.63. The van der Waals surface area contributed by atoms with Crippen LogP contribution in [0.25, 0.3) is 0 Å². The summed E-state index contributed by atoms with van der Waals surface area (Å²) in [5, 5.41) is 2.81. The van der Waals surface area contributed by atoms with Crippen molar-refractivity contribution >= 4 is 23.4 Å². The fraction of sp³-hybridized carbons (Fsp3) is 0.440. The Morgan fingerprint density at radius 3 is 2.41 bits per heavy atom. The van der Waals surface area contributed by atoms with Crippen molar-refractivity contribution < 1.29 is 19.1 Å². The summed E-state index contributed by atoms with van der Waals surface area (Å²) >= 11 is 0. The van der Waals surface area contributed by atoms with Crippen LogP contribution in [0.3, 0.4) is 0 Å². The minimum atomic E-state index is -0.280. The maximum Gasteiger partial charge on any atom is 0.414 e. The molecule has 0 saturated carbocycles. The summed E-state index contributed by atoms with van der Waals surface area (Å²) in [6, 6.07) is 15.6. The van der Waals surface area contributed by atoms with Gasteiger partial charge in [0.15, 0.2) is 0 Å². The van der Waals surface area contributed by atoms with Crippen molar-refractivity contribution in [3.05, 3.63) is 54.1 Å². The third-order valence-corrected chi connectivity index (χ3v) is 6.23. The molecule has 32 heavy (non-hydrogen) atoms. The highest BCUT2D eigenvalue weighted by Crippen LogP contribution is 2.26. The van der Waals surface area contributed by atoms with E-state index in [1.807, 2.05) is 36.4 Å². The standard InChI is InChI=1S/C25H31N3O4/c1-18(29)26-21-5-3-19(4-6-21)15-20-11-13-27(14-12-20)16-24-17-28(25(30)32-24)22-7-9-23(31-2)10-8-22/h3-10,20,24H,11-17H2,1-2H3,(H,26,29)/t24-/m0/s1. The van der Waals surface area contributed by atoms with Crippen molar-refractivity contribution in [3.63, 3.8) is 0 Å². The van der Waals surface area contributed by atoms with Crippen LogP contribution in [0.15, 0.2) is 48.5 Å². The molecule has 1 N–H and O–H groups in total. The average molecular weight is 438 g/mol. The molecule has 0 radical (unpaired) electrons. The van der Waals surface area contributed by atoms with E-state index in [0.717, 1.165) is 56.0 Å². The summed E-state index contributed by atoms with van der Waals surface area (Å²) in [6.45, 7) is 4.91. The molecule has 0 spiro atoms. The number of methoxy groups -OCH3 is 1. The maximum atomic E-state index is 12.4. The number of hydrogen-bond acceptors (Lipinski definition) is 5. The summed E-state index contributed by atoms with van der Waals surface area (Å²) in [5.74, 6) is 1.37. The van der Waals surface area contributed by atoms with Crippen LogP contribution in [-0.2, 0) is 16.0 Å². The van der Waals surface area contributed by atoms with Gasteiger partial charge in [-0.25, -0.2) is 4.79 Å². The average Bonchev–Trinajstić information content (AvgIpc) is 3.16. The van der Waals surface area contributed by atoms with Gasteiger partial charge < -0.3 is 14.8 Å². The van der Waals surface area contributed by atoms with E-state index >= 15 is 0 Å². The van der Waals surface area contributed by atoms with Gasteiger partial charge in [-0.3, -0.25) is 14.6 Å². The number of ether oxygens (including phenoxy) is 2. The Hall–Kier alpha value is -3.06. The van der Waals surface area contributed by atoms with Gasteiger partial charge in [-0.2, -0.15) is 0 Å². The van der Waals surface area contributed by atoms with Crippen LogP contribution in [0.4, 0.5) is 16.2 Å². The van der Waals surface area contributed by atoms with Crippen LogP contribution in [0, 0.1) is 5.92 Å². The van der Waals surface area contributed by atoms with Gasteiger partial charge in [0.1, 0.15) is 11.9 Å². The molecule has 2 aliphatic heterocycles. The van der Waals surface area contributed by atoms with Gasteiger partial charge in [-0.05, 0) is 80.2 Å². The minimum absolute atomic E-state index is 0.0508. The van der Waals surface area contributed by atoms with Crippen molar-refractivity contribution in [3.8, 4) is 5.75 Å². The van der Waals surface area contributed by atoms with Crippen LogP contribution in [0.1, 0.15) is 25.3 Å². The molecule has 2 aromatic carbocycles. The number of anilines is 2. The van der Waals surface area contributed by atoms with Crippen molar-refractivity contribution in [2.24, 2.45) is 5.92 Å². The largest absolute Gasteiger partial charge is 0.497 e. The van der Waals surface area contributed by atoms with E-state index in [2.05, 4.69) is 22.3 Å². The lowest BCUT2D eigenvalue weighted by molar-refractivity contribution is -0.114. The third kappa shape index (κ3) is 5.59. The number of amides is 2. The summed E-state index contributed by atoms with van der Waals surface area (Å²) < 4.78 is 10.8. The number of likely N-dealkylation sites (tertiary alicyclic amines) is 1. The minimum Gasteiger partial charge on any atom is -0.497 e. The number of benzene rings is 2. The number of carbonyl (C=O) groups is 2. The normalized spacial score (nSPS) is 19.6. The van der Waals surface area contributed by atoms with Gasteiger partial charge in [0.05, 0.1) is 13.7 Å². The van der Waals surface area contributed by atoms with Crippen LogP contribution < -0.4 is 15.0 Å². The number of nitrogens with zero attached hydrogens (tertiary/aromatic N) is 2. The molecule has 0 aromatic heterocycles. The fourth-order valence-corrected chi connectivity index (χ4v) is 4.51. The number of rotatable bonds is 7. The van der Waals surface area contributed by atoms with Crippen LogP contribution in [-0.4, -0.2) is 56.3 Å². The molecule has 0 bridgehead atoms. The van der Waals surface area contributed by atoms with Gasteiger partial charge >= 0.3 is 6.09 Å². The maximum absolute atomic E-state index is 12.4. The fourth-order valence-electron chi connectivity index (χ4n) is 4.51. The van der Waals surface area contributed by atoms with E-state index < -0.39 is 0 Å². The smallest absolute Gasteiger partial charge is 0.414 e. The van der Waals surface area contributed by atoms with E-state index in [9.17, 15) is 9.59 Å². The number of nitrogens with one attached hydrogen (secondary N) is 1. The molecule has 1 atom stereocenters. The second kappa shape index (κ2) is 10.0. The van der Waals surface area contributed by atoms with E-state index in [-0.39, 0.29) is 18.1 Å². The zero-order valence-electron chi connectivity index (χ0n) is 18.8. The van der Waals surface area contributed by atoms with Gasteiger partial charge in [0.25, 0.3) is 0 Å². The predicted octanol–water partition coefficient (Wildman–Crippen LogP) is 3.93. The molecule has 0 unspecified atom stereocenters. The number of piperidine rings is 1. The first-order valence-electron chi connectivity index (χ1n) is 11.2. The van der Waals surface area contributed by atoms with Crippen LogP contribution in [0.5, 0.6) is 5.75 Å². The van der Waals surface area contributed by atoms with Gasteiger partial charge in [-0.15, -0.1) is 0 Å². The highest BCUT2D eigenvalue weighted by molar-refractivity contribution is 5.90. The van der Waals surface area contributed by atoms with E-state index in [0.29, 0.717) is 12.5 Å². The molecule has 2 amide bonds. The molecule has 2 fully saturated rings. The molecule has 2 heterocycles. The Kier molecular flexibility index (Phi) is 6.95. The van der Waals surface area contributed by atoms with Gasteiger partial charge in [-0.1, -0.05) is 12.1 Å². The highest BCUT2D eigenvalue weighted by Gasteiger charge is 2.34. The first-order valence-corrected chi connectivity index (χ1v) is 11.2. The summed E-state index contributed by atoms with van der Waals surface area (Å²) in [4.78, 5) is 27.6. The molecule has 2 saturated heterocycles. The molecule has 4 rings (SSSR count). The van der Waals surface area contributed by atoms with Crippen molar-refractivity contribution in [2.45, 2.75) is 32.3 Å². The molecule has 7 nitrogen and oxygen atoms in total. The number of cyclic esters (lactones) is 1.